The third kappa shape index (κ3) is 7.12. The van der Waals surface area contributed by atoms with Crippen LogP contribution in [0.25, 0.3) is 11.5 Å². The second kappa shape index (κ2) is 10.7. The normalized spacial score (nSPS) is 10.8. The molecule has 1 heterocycles. The Morgan fingerprint density at radius 1 is 1.16 bits per heavy atom. The lowest BCUT2D eigenvalue weighted by Gasteiger charge is -2.04. The molecule has 0 N–H and O–H groups in total. The van der Waals surface area contributed by atoms with Gasteiger partial charge in [0.25, 0.3) is 0 Å². The predicted octanol–water partition coefficient (Wildman–Crippen LogP) is 5.49. The maximum absolute atomic E-state index is 11.7. The maximum Gasteiger partial charge on any atom is 0.305 e. The van der Waals surface area contributed by atoms with Gasteiger partial charge in [-0.05, 0) is 44.7 Å². The van der Waals surface area contributed by atoms with Gasteiger partial charge < -0.3 is 9.15 Å². The minimum atomic E-state index is -0.0860. The first-order chi connectivity index (χ1) is 12.2. The number of hydrogen-bond acceptors (Lipinski definition) is 4. The summed E-state index contributed by atoms with van der Waals surface area (Å²) in [5, 5.41) is 0. The Balaban J connectivity index is 1.63. The van der Waals surface area contributed by atoms with E-state index in [0.29, 0.717) is 18.9 Å². The van der Waals surface area contributed by atoms with E-state index in [1.54, 1.807) is 6.26 Å². The van der Waals surface area contributed by atoms with E-state index >= 15 is 0 Å². The maximum atomic E-state index is 11.7. The molecule has 0 unspecified atom stereocenters. The number of oxazole rings is 1. The quantitative estimate of drug-likeness (QED) is 0.400. The van der Waals surface area contributed by atoms with Gasteiger partial charge in [-0.15, -0.1) is 0 Å². The van der Waals surface area contributed by atoms with Gasteiger partial charge in [0.2, 0.25) is 5.89 Å². The third-order valence-corrected chi connectivity index (χ3v) is 4.14. The first-order valence-electron chi connectivity index (χ1n) is 9.36. The van der Waals surface area contributed by atoms with Crippen molar-refractivity contribution < 1.29 is 13.9 Å². The van der Waals surface area contributed by atoms with Crippen LogP contribution in [0.1, 0.15) is 63.1 Å². The smallest absolute Gasteiger partial charge is 0.305 e. The van der Waals surface area contributed by atoms with E-state index in [9.17, 15) is 4.79 Å². The Morgan fingerprint density at radius 2 is 2.04 bits per heavy atom. The number of rotatable bonds is 11. The number of hydrogen-bond donors (Lipinski definition) is 0. The van der Waals surface area contributed by atoms with Crippen molar-refractivity contribution in [1.82, 2.24) is 4.98 Å². The Kier molecular flexibility index (Phi) is 8.23. The van der Waals surface area contributed by atoms with Gasteiger partial charge in [-0.3, -0.25) is 4.79 Å². The molecule has 0 aliphatic rings. The molecule has 0 saturated carbocycles. The summed E-state index contributed by atoms with van der Waals surface area (Å²) in [5.41, 5.74) is 3.12. The van der Waals surface area contributed by atoms with Crippen LogP contribution in [-0.4, -0.2) is 17.6 Å². The molecule has 0 aliphatic heterocycles. The van der Waals surface area contributed by atoms with Crippen LogP contribution >= 0.6 is 0 Å². The Hall–Kier alpha value is -2.10. The SMILES string of the molecule is CCCCCCOC(=O)CCCCc1coc(-c2cccc(C)c2)n1. The van der Waals surface area contributed by atoms with E-state index in [4.69, 9.17) is 9.15 Å². The van der Waals surface area contributed by atoms with Gasteiger partial charge in [0.05, 0.1) is 12.3 Å². The second-order valence-electron chi connectivity index (χ2n) is 6.50. The zero-order valence-corrected chi connectivity index (χ0v) is 15.4. The number of unbranched alkanes of at least 4 members (excludes halogenated alkanes) is 4. The molecular formula is C21H29NO3. The molecule has 0 spiro atoms. The molecule has 0 fully saturated rings. The highest BCUT2D eigenvalue weighted by Crippen LogP contribution is 2.20. The van der Waals surface area contributed by atoms with Crippen LogP contribution < -0.4 is 0 Å². The van der Waals surface area contributed by atoms with Crippen LogP contribution in [0.4, 0.5) is 0 Å². The fourth-order valence-corrected chi connectivity index (χ4v) is 2.69. The zero-order chi connectivity index (χ0) is 17.9. The van der Waals surface area contributed by atoms with Crippen molar-refractivity contribution in [3.63, 3.8) is 0 Å². The molecule has 0 bridgehead atoms. The zero-order valence-electron chi connectivity index (χ0n) is 15.4. The Morgan fingerprint density at radius 3 is 2.84 bits per heavy atom. The van der Waals surface area contributed by atoms with Crippen molar-refractivity contribution in [3.05, 3.63) is 41.8 Å². The number of ether oxygens (including phenoxy) is 1. The first-order valence-corrected chi connectivity index (χ1v) is 9.36. The van der Waals surface area contributed by atoms with Crippen LogP contribution in [0.3, 0.4) is 0 Å². The first kappa shape index (κ1) is 19.2. The van der Waals surface area contributed by atoms with Crippen molar-refractivity contribution >= 4 is 5.97 Å². The lowest BCUT2D eigenvalue weighted by atomic mass is 10.1. The van der Waals surface area contributed by atoms with Crippen LogP contribution in [0.2, 0.25) is 0 Å². The third-order valence-electron chi connectivity index (χ3n) is 4.14. The molecule has 0 amide bonds. The number of esters is 1. The summed E-state index contributed by atoms with van der Waals surface area (Å²) >= 11 is 0. The molecular weight excluding hydrogens is 314 g/mol. The summed E-state index contributed by atoms with van der Waals surface area (Å²) in [7, 11) is 0. The molecule has 136 valence electrons. The lowest BCUT2D eigenvalue weighted by Crippen LogP contribution is -2.05. The molecule has 4 heteroatoms. The van der Waals surface area contributed by atoms with Gasteiger partial charge in [0.15, 0.2) is 0 Å². The molecule has 2 rings (SSSR count). The van der Waals surface area contributed by atoms with Gasteiger partial charge >= 0.3 is 5.97 Å². The number of benzene rings is 1. The van der Waals surface area contributed by atoms with Crippen molar-refractivity contribution in [2.45, 2.75) is 65.2 Å². The summed E-state index contributed by atoms with van der Waals surface area (Å²) in [5.74, 6) is 0.572. The van der Waals surface area contributed by atoms with Gasteiger partial charge in [0.1, 0.15) is 6.26 Å². The van der Waals surface area contributed by atoms with Crippen molar-refractivity contribution in [3.8, 4) is 11.5 Å². The fourth-order valence-electron chi connectivity index (χ4n) is 2.69. The van der Waals surface area contributed by atoms with E-state index < -0.39 is 0 Å². The monoisotopic (exact) mass is 343 g/mol. The van der Waals surface area contributed by atoms with Crippen molar-refractivity contribution in [2.75, 3.05) is 6.61 Å². The van der Waals surface area contributed by atoms with E-state index in [1.807, 2.05) is 12.1 Å². The molecule has 1 aromatic carbocycles. The average molecular weight is 343 g/mol. The molecule has 0 aliphatic carbocycles. The molecule has 25 heavy (non-hydrogen) atoms. The largest absolute Gasteiger partial charge is 0.466 e. The van der Waals surface area contributed by atoms with Crippen LogP contribution in [-0.2, 0) is 16.0 Å². The van der Waals surface area contributed by atoms with Crippen LogP contribution in [0.15, 0.2) is 34.9 Å². The fraction of sp³-hybridized carbons (Fsp3) is 0.524. The van der Waals surface area contributed by atoms with Crippen molar-refractivity contribution in [1.29, 1.82) is 0 Å². The average Bonchev–Trinajstić information content (AvgIpc) is 3.07. The Bertz CT molecular complexity index is 648. The minimum Gasteiger partial charge on any atom is -0.466 e. The predicted molar refractivity (Wildman–Crippen MR) is 99.3 cm³/mol. The molecule has 0 saturated heterocycles. The van der Waals surface area contributed by atoms with Gasteiger partial charge in [-0.2, -0.15) is 0 Å². The number of aryl methyl sites for hydroxylation is 2. The Labute approximate surface area is 150 Å². The van der Waals surface area contributed by atoms with Crippen LogP contribution in [0, 0.1) is 6.92 Å². The van der Waals surface area contributed by atoms with E-state index in [-0.39, 0.29) is 5.97 Å². The molecule has 4 nitrogen and oxygen atoms in total. The van der Waals surface area contributed by atoms with Crippen LogP contribution in [0.5, 0.6) is 0 Å². The number of nitrogens with zero attached hydrogens (tertiary/aromatic N) is 1. The highest BCUT2D eigenvalue weighted by molar-refractivity contribution is 5.69. The lowest BCUT2D eigenvalue weighted by molar-refractivity contribution is -0.143. The number of carbonyl (C=O) groups is 1. The summed E-state index contributed by atoms with van der Waals surface area (Å²) in [4.78, 5) is 16.2. The number of aromatic nitrogens is 1. The second-order valence-corrected chi connectivity index (χ2v) is 6.50. The summed E-state index contributed by atoms with van der Waals surface area (Å²) < 4.78 is 10.8. The summed E-state index contributed by atoms with van der Waals surface area (Å²) in [6, 6.07) is 8.11. The molecule has 0 atom stereocenters. The van der Waals surface area contributed by atoms with Gasteiger partial charge in [0, 0.05) is 12.0 Å². The number of carbonyl (C=O) groups excluding carboxylic acids is 1. The van der Waals surface area contributed by atoms with Crippen molar-refractivity contribution in [2.24, 2.45) is 0 Å². The summed E-state index contributed by atoms with van der Waals surface area (Å²) in [6.45, 7) is 4.78. The highest BCUT2D eigenvalue weighted by atomic mass is 16.5. The topological polar surface area (TPSA) is 52.3 Å². The minimum absolute atomic E-state index is 0.0860. The summed E-state index contributed by atoms with van der Waals surface area (Å²) in [6.07, 6.45) is 9.26. The van der Waals surface area contributed by atoms with Gasteiger partial charge in [-0.25, -0.2) is 4.98 Å². The van der Waals surface area contributed by atoms with E-state index in [0.717, 1.165) is 43.4 Å². The van der Waals surface area contributed by atoms with E-state index in [1.165, 1.54) is 18.4 Å². The van der Waals surface area contributed by atoms with Gasteiger partial charge in [-0.1, -0.05) is 43.9 Å². The molecule has 2 aromatic rings. The molecule has 1 aromatic heterocycles. The van der Waals surface area contributed by atoms with E-state index in [2.05, 4.69) is 31.0 Å². The standard InChI is InChI=1S/C21H29NO3/c1-3-4-5-8-14-24-20(23)13-7-6-12-19-16-25-21(22-19)18-11-9-10-17(2)15-18/h9-11,15-16H,3-8,12-14H2,1-2H3. The highest BCUT2D eigenvalue weighted by Gasteiger charge is 2.08. The molecule has 0 radical (unpaired) electrons.